The van der Waals surface area contributed by atoms with Crippen molar-refractivity contribution in [2.24, 2.45) is 0 Å². The fourth-order valence-electron chi connectivity index (χ4n) is 3.34. The molecule has 2 aromatic heterocycles. The fourth-order valence-corrected chi connectivity index (χ4v) is 3.85. The first kappa shape index (κ1) is 16.5. The van der Waals surface area contributed by atoms with E-state index in [-0.39, 0.29) is 18.0 Å². The molecule has 5 nitrogen and oxygen atoms in total. The summed E-state index contributed by atoms with van der Waals surface area (Å²) in [5.41, 5.74) is 3.79. The second-order valence-electron chi connectivity index (χ2n) is 5.93. The van der Waals surface area contributed by atoms with Crippen molar-refractivity contribution in [3.63, 3.8) is 0 Å². The Balaban J connectivity index is 0.00000156. The molecular weight excluding hydrogens is 380 g/mol. The Kier molecular flexibility index (Phi) is 4.49. The van der Waals surface area contributed by atoms with E-state index in [1.54, 1.807) is 6.07 Å². The van der Waals surface area contributed by atoms with E-state index in [1.807, 2.05) is 23.6 Å². The number of hydrogen-bond acceptors (Lipinski definition) is 3. The van der Waals surface area contributed by atoms with Crippen LogP contribution in [0.5, 0.6) is 0 Å². The van der Waals surface area contributed by atoms with Gasteiger partial charge >= 0.3 is 0 Å². The first-order chi connectivity index (χ1) is 10.6. The van der Waals surface area contributed by atoms with E-state index in [0.29, 0.717) is 5.92 Å². The van der Waals surface area contributed by atoms with E-state index in [9.17, 15) is 4.79 Å². The summed E-state index contributed by atoms with van der Waals surface area (Å²) >= 11 is 3.59. The summed E-state index contributed by atoms with van der Waals surface area (Å²) in [5.74, 6) is 0.374. The van der Waals surface area contributed by atoms with Gasteiger partial charge in [0.2, 0.25) is 0 Å². The number of nitrogens with one attached hydrogen (secondary N) is 2. The zero-order valence-corrected chi connectivity index (χ0v) is 15.1. The molecule has 3 aromatic rings. The highest BCUT2D eigenvalue weighted by Crippen LogP contribution is 2.31. The Bertz CT molecular complexity index is 927. The molecule has 0 unspecified atom stereocenters. The highest BCUT2D eigenvalue weighted by Gasteiger charge is 2.21. The maximum atomic E-state index is 12.2. The van der Waals surface area contributed by atoms with Crippen LogP contribution in [0.1, 0.15) is 30.0 Å². The normalized spacial score (nSPS) is 15.9. The monoisotopic (exact) mass is 396 g/mol. The molecule has 4 rings (SSSR count). The molecule has 1 aromatic carbocycles. The van der Waals surface area contributed by atoms with Gasteiger partial charge in [-0.1, -0.05) is 6.07 Å². The Morgan fingerprint density at radius 2 is 2.04 bits per heavy atom. The lowest BCUT2D eigenvalue weighted by Gasteiger charge is -2.23. The number of piperidine rings is 1. The van der Waals surface area contributed by atoms with Gasteiger partial charge in [-0.05, 0) is 60.4 Å². The van der Waals surface area contributed by atoms with Crippen LogP contribution in [0.2, 0.25) is 0 Å². The summed E-state index contributed by atoms with van der Waals surface area (Å²) in [4.78, 5) is 15.1. The molecule has 1 saturated heterocycles. The highest BCUT2D eigenvalue weighted by atomic mass is 79.9. The molecule has 0 atom stereocenters. The fraction of sp³-hybridized carbons (Fsp3) is 0.375. The maximum Gasteiger partial charge on any atom is 0.251 e. The molecule has 0 bridgehead atoms. The second-order valence-corrected chi connectivity index (χ2v) is 6.79. The van der Waals surface area contributed by atoms with Crippen LogP contribution in [0.3, 0.4) is 0 Å². The lowest BCUT2D eigenvalue weighted by molar-refractivity contribution is 0.446. The SMILES string of the molecule is Cc1ccc(Br)c2c1nn1c(C3CCNCC3)cc(=O)[nH]c21.Cl. The molecule has 1 aliphatic heterocycles. The molecule has 1 fully saturated rings. The predicted molar refractivity (Wildman–Crippen MR) is 97.8 cm³/mol. The topological polar surface area (TPSA) is 62.2 Å². The number of H-pyrrole nitrogens is 1. The van der Waals surface area contributed by atoms with Crippen LogP contribution in [-0.2, 0) is 0 Å². The van der Waals surface area contributed by atoms with Gasteiger partial charge in [-0.15, -0.1) is 12.4 Å². The van der Waals surface area contributed by atoms with E-state index in [0.717, 1.165) is 58.2 Å². The summed E-state index contributed by atoms with van der Waals surface area (Å²) in [7, 11) is 0. The van der Waals surface area contributed by atoms with Crippen LogP contribution in [0, 0.1) is 6.92 Å². The van der Waals surface area contributed by atoms with Gasteiger partial charge in [0, 0.05) is 16.5 Å². The van der Waals surface area contributed by atoms with Gasteiger partial charge in [0.25, 0.3) is 5.56 Å². The van der Waals surface area contributed by atoms with Gasteiger partial charge in [0.05, 0.1) is 16.6 Å². The zero-order valence-electron chi connectivity index (χ0n) is 12.7. The molecule has 0 spiro atoms. The summed E-state index contributed by atoms with van der Waals surface area (Å²) in [5, 5.41) is 9.14. The Labute approximate surface area is 148 Å². The molecule has 23 heavy (non-hydrogen) atoms. The van der Waals surface area contributed by atoms with E-state index in [1.165, 1.54) is 0 Å². The van der Waals surface area contributed by atoms with Crippen molar-refractivity contribution >= 4 is 44.9 Å². The van der Waals surface area contributed by atoms with E-state index in [2.05, 4.69) is 26.2 Å². The quantitative estimate of drug-likeness (QED) is 0.663. The van der Waals surface area contributed by atoms with Crippen molar-refractivity contribution in [2.45, 2.75) is 25.7 Å². The lowest BCUT2D eigenvalue weighted by Crippen LogP contribution is -2.28. The number of aromatic nitrogens is 3. The number of nitrogens with zero attached hydrogens (tertiary/aromatic N) is 2. The van der Waals surface area contributed by atoms with Crippen molar-refractivity contribution in [1.29, 1.82) is 0 Å². The first-order valence-corrected chi connectivity index (χ1v) is 8.36. The third-order valence-electron chi connectivity index (χ3n) is 4.50. The highest BCUT2D eigenvalue weighted by molar-refractivity contribution is 9.10. The van der Waals surface area contributed by atoms with E-state index >= 15 is 0 Å². The molecule has 1 aliphatic rings. The van der Waals surface area contributed by atoms with Gasteiger partial charge in [-0.2, -0.15) is 5.10 Å². The Morgan fingerprint density at radius 3 is 2.78 bits per heavy atom. The number of aromatic amines is 1. The van der Waals surface area contributed by atoms with Crippen molar-refractivity contribution in [3.05, 3.63) is 44.3 Å². The van der Waals surface area contributed by atoms with Crippen molar-refractivity contribution in [2.75, 3.05) is 13.1 Å². The molecule has 0 aliphatic carbocycles. The minimum atomic E-state index is -0.0590. The Hall–Kier alpha value is -1.37. The van der Waals surface area contributed by atoms with Crippen LogP contribution in [-0.4, -0.2) is 27.7 Å². The molecule has 0 saturated carbocycles. The first-order valence-electron chi connectivity index (χ1n) is 7.56. The number of fused-ring (bicyclic) bond motifs is 3. The molecular formula is C16H18BrClN4O. The summed E-state index contributed by atoms with van der Waals surface area (Å²) in [6.07, 6.45) is 2.07. The summed E-state index contributed by atoms with van der Waals surface area (Å²) < 4.78 is 2.89. The number of rotatable bonds is 1. The van der Waals surface area contributed by atoms with Gasteiger partial charge in [-0.3, -0.25) is 4.79 Å². The van der Waals surface area contributed by atoms with Crippen LogP contribution >= 0.6 is 28.3 Å². The number of hydrogen-bond donors (Lipinski definition) is 2. The summed E-state index contributed by atoms with van der Waals surface area (Å²) in [6.45, 7) is 4.02. The lowest BCUT2D eigenvalue weighted by atomic mass is 9.94. The zero-order chi connectivity index (χ0) is 15.3. The molecule has 2 N–H and O–H groups in total. The minimum absolute atomic E-state index is 0. The smallest absolute Gasteiger partial charge is 0.251 e. The number of halogens is 2. The predicted octanol–water partition coefficient (Wildman–Crippen LogP) is 3.14. The Morgan fingerprint density at radius 1 is 1.30 bits per heavy atom. The standard InChI is InChI=1S/C16H17BrN4O.ClH/c1-9-2-3-11(17)14-15(9)20-21-12(8-13(22)19-16(14)21)10-4-6-18-7-5-10;/h2-3,8,10,18H,4-7H2,1H3,(H,19,22);1H. The van der Waals surface area contributed by atoms with Crippen LogP contribution in [0.15, 0.2) is 27.5 Å². The number of benzene rings is 1. The molecule has 0 radical (unpaired) electrons. The molecule has 7 heteroatoms. The maximum absolute atomic E-state index is 12.2. The van der Waals surface area contributed by atoms with Gasteiger partial charge in [0.1, 0.15) is 5.65 Å². The largest absolute Gasteiger partial charge is 0.317 e. The van der Waals surface area contributed by atoms with Crippen LogP contribution in [0.25, 0.3) is 16.6 Å². The van der Waals surface area contributed by atoms with E-state index < -0.39 is 0 Å². The van der Waals surface area contributed by atoms with Crippen molar-refractivity contribution in [3.8, 4) is 0 Å². The molecule has 3 heterocycles. The molecule has 122 valence electrons. The summed E-state index contributed by atoms with van der Waals surface area (Å²) in [6, 6.07) is 5.76. The number of aryl methyl sites for hydroxylation is 1. The van der Waals surface area contributed by atoms with Crippen molar-refractivity contribution < 1.29 is 0 Å². The minimum Gasteiger partial charge on any atom is -0.317 e. The van der Waals surface area contributed by atoms with Crippen LogP contribution < -0.4 is 10.9 Å². The average molecular weight is 398 g/mol. The molecule has 0 amide bonds. The van der Waals surface area contributed by atoms with Gasteiger partial charge in [0.15, 0.2) is 0 Å². The third-order valence-corrected chi connectivity index (χ3v) is 5.16. The van der Waals surface area contributed by atoms with Crippen molar-refractivity contribution in [1.82, 2.24) is 19.9 Å². The third kappa shape index (κ3) is 2.69. The van der Waals surface area contributed by atoms with Gasteiger partial charge in [-0.25, -0.2) is 4.52 Å². The van der Waals surface area contributed by atoms with Crippen LogP contribution in [0.4, 0.5) is 0 Å². The van der Waals surface area contributed by atoms with E-state index in [4.69, 9.17) is 5.10 Å². The van der Waals surface area contributed by atoms with Gasteiger partial charge < -0.3 is 10.3 Å². The second kappa shape index (κ2) is 6.26. The average Bonchev–Trinajstić information content (AvgIpc) is 2.91.